The van der Waals surface area contributed by atoms with Gasteiger partial charge in [0, 0.05) is 0 Å². The Hall–Kier alpha value is -1.36. The second-order valence-electron chi connectivity index (χ2n) is 4.52. The molecule has 0 bridgehead atoms. The monoisotopic (exact) mass is 322 g/mol. The molecule has 0 spiro atoms. The molecular weight excluding hydrogens is 301 g/mol. The van der Waals surface area contributed by atoms with Crippen LogP contribution in [0, 0.1) is 6.92 Å². The Kier molecular flexibility index (Phi) is 5.54. The molecule has 4 heteroatoms. The van der Waals surface area contributed by atoms with Gasteiger partial charge in [0.05, 0.1) is 0 Å². The second kappa shape index (κ2) is 6.71. The molecule has 0 fully saturated rings. The molecule has 0 N–H and O–H groups in total. The predicted molar refractivity (Wildman–Crippen MR) is 78.5 cm³/mol. The number of hydrogen-bond acceptors (Lipinski definition) is 3. The molecule has 0 atom stereocenters. The summed E-state index contributed by atoms with van der Waals surface area (Å²) in [5, 5.41) is 1.26. The Bertz CT molecular complexity index is 473. The molecule has 19 heavy (non-hydrogen) atoms. The third kappa shape index (κ3) is 3.56. The van der Waals surface area contributed by atoms with Gasteiger partial charge in [-0.3, -0.25) is 0 Å². The Morgan fingerprint density at radius 1 is 1.21 bits per heavy atom. The molecule has 0 aliphatic heterocycles. The van der Waals surface area contributed by atoms with Crippen LogP contribution in [0.3, 0.4) is 0 Å². The van der Waals surface area contributed by atoms with Gasteiger partial charge in [0.25, 0.3) is 0 Å². The fraction of sp³-hybridized carbons (Fsp3) is 0.333. The van der Waals surface area contributed by atoms with Crippen LogP contribution in [0.2, 0.25) is 10.5 Å². The summed E-state index contributed by atoms with van der Waals surface area (Å²) in [5.41, 5.74) is 1.75. The Morgan fingerprint density at radius 2 is 1.74 bits per heavy atom. The van der Waals surface area contributed by atoms with Gasteiger partial charge in [-0.1, -0.05) is 0 Å². The summed E-state index contributed by atoms with van der Waals surface area (Å²) in [7, 11) is 0. The molecule has 0 unspecified atom stereocenters. The van der Waals surface area contributed by atoms with Gasteiger partial charge in [-0.15, -0.1) is 0 Å². The summed E-state index contributed by atoms with van der Waals surface area (Å²) >= 11 is -3.33. The minimum atomic E-state index is -3.33. The number of hydrogen-bond donors (Lipinski definition) is 0. The molecule has 102 valence electrons. The zero-order chi connectivity index (χ0) is 14.5. The number of rotatable bonds is 6. The Labute approximate surface area is 117 Å². The molecule has 0 saturated heterocycles. The van der Waals surface area contributed by atoms with Crippen molar-refractivity contribution in [2.24, 2.45) is 0 Å². The normalized spacial score (nSPS) is 10.9. The van der Waals surface area contributed by atoms with Crippen LogP contribution in [0.1, 0.15) is 29.8 Å². The van der Waals surface area contributed by atoms with Gasteiger partial charge in [-0.05, 0) is 0 Å². The average molecular weight is 321 g/mol. The van der Waals surface area contributed by atoms with Crippen molar-refractivity contribution in [1.29, 1.82) is 0 Å². The summed E-state index contributed by atoms with van der Waals surface area (Å²) in [4.78, 5) is 24.2. The fourth-order valence-electron chi connectivity index (χ4n) is 1.96. The topological polar surface area (TPSA) is 43.4 Å². The maximum absolute atomic E-state index is 12.7. The van der Waals surface area contributed by atoms with Gasteiger partial charge in [0.1, 0.15) is 0 Å². The van der Waals surface area contributed by atoms with Crippen LogP contribution >= 0.6 is 0 Å². The predicted octanol–water partition coefficient (Wildman–Crippen LogP) is 3.43. The van der Waals surface area contributed by atoms with Crippen LogP contribution in [0.25, 0.3) is 0 Å². The van der Waals surface area contributed by atoms with E-state index in [2.05, 4.69) is 6.58 Å². The average Bonchev–Trinajstić information content (AvgIpc) is 2.44. The molecule has 0 radical (unpaired) electrons. The molecule has 0 aliphatic rings. The van der Waals surface area contributed by atoms with E-state index in [1.807, 2.05) is 45.0 Å². The Morgan fingerprint density at radius 3 is 2.16 bits per heavy atom. The molecule has 1 rings (SSSR count). The van der Waals surface area contributed by atoms with Crippen molar-refractivity contribution in [1.82, 2.24) is 0 Å². The van der Waals surface area contributed by atoms with Crippen molar-refractivity contribution in [3.8, 4) is 0 Å². The first-order valence-corrected chi connectivity index (χ1v) is 11.3. The summed E-state index contributed by atoms with van der Waals surface area (Å²) in [5.74, 6) is -0.482. The van der Waals surface area contributed by atoms with Crippen LogP contribution in [0.15, 0.2) is 36.9 Å². The van der Waals surface area contributed by atoms with Crippen molar-refractivity contribution >= 4 is 24.2 Å². The van der Waals surface area contributed by atoms with Gasteiger partial charge in [0.2, 0.25) is 0 Å². The molecule has 0 amide bonds. The van der Waals surface area contributed by atoms with E-state index in [0.29, 0.717) is 16.1 Å². The number of carbonyl (C=O) groups excluding carboxylic acids is 2. The first kappa shape index (κ1) is 15.7. The van der Waals surface area contributed by atoms with E-state index in [1.54, 1.807) is 0 Å². The van der Waals surface area contributed by atoms with Gasteiger partial charge < -0.3 is 0 Å². The third-order valence-electron chi connectivity index (χ3n) is 3.33. The van der Waals surface area contributed by atoms with E-state index in [9.17, 15) is 9.59 Å². The van der Waals surface area contributed by atoms with Crippen molar-refractivity contribution < 1.29 is 13.4 Å². The van der Waals surface area contributed by atoms with Crippen molar-refractivity contribution in [3.05, 3.63) is 48.0 Å². The van der Waals surface area contributed by atoms with Crippen LogP contribution < -0.4 is 0 Å². The molecule has 3 nitrogen and oxygen atoms in total. The van der Waals surface area contributed by atoms with Crippen molar-refractivity contribution in [2.75, 3.05) is 0 Å². The van der Waals surface area contributed by atoms with Crippen LogP contribution in [-0.4, -0.2) is 24.2 Å². The van der Waals surface area contributed by atoms with E-state index >= 15 is 0 Å². The molecule has 0 heterocycles. The number of benzene rings is 1. The molecule has 0 aromatic heterocycles. The van der Waals surface area contributed by atoms with Crippen molar-refractivity contribution in [2.45, 2.75) is 31.3 Å². The van der Waals surface area contributed by atoms with Crippen LogP contribution in [0.4, 0.5) is 0 Å². The quantitative estimate of drug-likeness (QED) is 0.595. The van der Waals surface area contributed by atoms with E-state index < -0.39 is 19.6 Å². The summed E-state index contributed by atoms with van der Waals surface area (Å²) < 4.78 is 5.54. The first-order valence-electron chi connectivity index (χ1n) is 6.46. The standard InChI is InChI=1S/C15H20GeO3/c1-5-14(17)19-16(6-2,7-3)15(18)13-10-8-12(4)9-11-13/h5,8-11H,1,6-7H2,2-4H3. The fourth-order valence-corrected chi connectivity index (χ4v) is 7.60. The molecule has 0 saturated carbocycles. The van der Waals surface area contributed by atoms with Crippen molar-refractivity contribution in [3.63, 3.8) is 0 Å². The zero-order valence-corrected chi connectivity index (χ0v) is 13.8. The van der Waals surface area contributed by atoms with Crippen LogP contribution in [-0.2, 0) is 8.56 Å². The van der Waals surface area contributed by atoms with Gasteiger partial charge in [-0.2, -0.15) is 0 Å². The zero-order valence-electron chi connectivity index (χ0n) is 11.7. The Balaban J connectivity index is 3.10. The summed E-state index contributed by atoms with van der Waals surface area (Å²) in [6.45, 7) is 9.22. The molecule has 0 aliphatic carbocycles. The first-order chi connectivity index (χ1) is 8.99. The van der Waals surface area contributed by atoms with E-state index in [4.69, 9.17) is 3.76 Å². The van der Waals surface area contributed by atoms with Gasteiger partial charge in [-0.25, -0.2) is 0 Å². The van der Waals surface area contributed by atoms with E-state index in [-0.39, 0.29) is 4.62 Å². The number of aryl methyl sites for hydroxylation is 1. The van der Waals surface area contributed by atoms with Gasteiger partial charge >= 0.3 is 117 Å². The molecular formula is C15H20GeO3. The van der Waals surface area contributed by atoms with E-state index in [1.165, 1.54) is 0 Å². The van der Waals surface area contributed by atoms with Crippen LogP contribution in [0.5, 0.6) is 0 Å². The SMILES string of the molecule is C=CC(=O)[O][Ge]([CH2]C)([CH2]C)[C](=O)c1ccc(C)cc1. The van der Waals surface area contributed by atoms with Gasteiger partial charge in [0.15, 0.2) is 0 Å². The maximum atomic E-state index is 12.7. The van der Waals surface area contributed by atoms with E-state index in [0.717, 1.165) is 11.6 Å². The minimum absolute atomic E-state index is 0.0280. The molecule has 1 aromatic carbocycles. The summed E-state index contributed by atoms with van der Waals surface area (Å²) in [6.07, 6.45) is 1.13. The summed E-state index contributed by atoms with van der Waals surface area (Å²) in [6, 6.07) is 7.43. The number of carbonyl (C=O) groups is 2. The second-order valence-corrected chi connectivity index (χ2v) is 13.0. The third-order valence-corrected chi connectivity index (χ3v) is 11.7. The molecule has 1 aromatic rings.